The Hall–Kier alpha value is -2.84. The molecule has 0 unspecified atom stereocenters. The molecule has 6 nitrogen and oxygen atoms in total. The van der Waals surface area contributed by atoms with Gasteiger partial charge in [0.05, 0.1) is 11.3 Å². The summed E-state index contributed by atoms with van der Waals surface area (Å²) in [5.74, 6) is -0.741. The van der Waals surface area contributed by atoms with Gasteiger partial charge in [-0.1, -0.05) is 0 Å². The highest BCUT2D eigenvalue weighted by Crippen LogP contribution is 2.17. The molecule has 1 N–H and O–H groups in total. The second kappa shape index (κ2) is 7.16. The summed E-state index contributed by atoms with van der Waals surface area (Å²) in [4.78, 5) is 27.2. The summed E-state index contributed by atoms with van der Waals surface area (Å²) in [7, 11) is 0. The molecule has 0 atom stereocenters. The van der Waals surface area contributed by atoms with E-state index in [1.165, 1.54) is 35.0 Å². The van der Waals surface area contributed by atoms with Crippen molar-refractivity contribution in [2.24, 2.45) is 0 Å². The first-order valence-electron chi connectivity index (χ1n) is 6.96. The molecule has 0 aliphatic carbocycles. The van der Waals surface area contributed by atoms with Crippen LogP contribution >= 0.6 is 0 Å². The Morgan fingerprint density at radius 2 is 2.04 bits per heavy atom. The number of halogens is 3. The maximum atomic E-state index is 12.1. The van der Waals surface area contributed by atoms with Crippen LogP contribution in [0.4, 0.5) is 18.9 Å². The Morgan fingerprint density at radius 3 is 2.62 bits per heavy atom. The molecule has 24 heavy (non-hydrogen) atoms. The maximum absolute atomic E-state index is 12.1. The number of nitrogens with zero attached hydrogens (tertiary/aromatic N) is 2. The van der Waals surface area contributed by atoms with E-state index in [0.29, 0.717) is 12.2 Å². The lowest BCUT2D eigenvalue weighted by Crippen LogP contribution is -2.20. The van der Waals surface area contributed by atoms with Crippen LogP contribution in [0.25, 0.3) is 0 Å². The van der Waals surface area contributed by atoms with Crippen molar-refractivity contribution in [3.63, 3.8) is 0 Å². The summed E-state index contributed by atoms with van der Waals surface area (Å²) in [5, 5.41) is 2.58. The molecule has 0 aliphatic rings. The Labute approximate surface area is 134 Å². The molecule has 2 aromatic heterocycles. The zero-order chi connectivity index (χ0) is 17.7. The van der Waals surface area contributed by atoms with Crippen LogP contribution in [-0.2, 0) is 6.54 Å². The van der Waals surface area contributed by atoms with Crippen molar-refractivity contribution in [2.75, 3.05) is 11.9 Å². The third-order valence-corrected chi connectivity index (χ3v) is 2.96. The highest BCUT2D eigenvalue weighted by Gasteiger charge is 2.28. The fourth-order valence-electron chi connectivity index (χ4n) is 1.81. The van der Waals surface area contributed by atoms with Crippen LogP contribution < -0.4 is 15.6 Å². The summed E-state index contributed by atoms with van der Waals surface area (Å²) in [5.41, 5.74) is 0.366. The number of amides is 1. The van der Waals surface area contributed by atoms with E-state index in [-0.39, 0.29) is 17.0 Å². The first-order chi connectivity index (χ1) is 11.3. The third kappa shape index (κ3) is 4.83. The zero-order valence-electron chi connectivity index (χ0n) is 12.6. The van der Waals surface area contributed by atoms with Crippen LogP contribution in [0.2, 0.25) is 0 Å². The van der Waals surface area contributed by atoms with Gasteiger partial charge in [-0.2, -0.15) is 13.2 Å². The molecule has 0 aliphatic heterocycles. The summed E-state index contributed by atoms with van der Waals surface area (Å²) in [6.45, 7) is 0.788. The predicted molar refractivity (Wildman–Crippen MR) is 80.1 cm³/mol. The van der Waals surface area contributed by atoms with Crippen molar-refractivity contribution < 1.29 is 22.7 Å². The van der Waals surface area contributed by atoms with Crippen molar-refractivity contribution in [2.45, 2.75) is 19.6 Å². The van der Waals surface area contributed by atoms with Crippen LogP contribution in [0.3, 0.4) is 0 Å². The molecule has 128 valence electrons. The fraction of sp³-hybridized carbons (Fsp3) is 0.267. The van der Waals surface area contributed by atoms with Crippen LogP contribution in [0.1, 0.15) is 17.3 Å². The Balaban J connectivity index is 2.03. The molecule has 2 rings (SSSR count). The second-order valence-electron chi connectivity index (χ2n) is 4.79. The number of rotatable bonds is 5. The average molecular weight is 341 g/mol. The van der Waals surface area contributed by atoms with Crippen molar-refractivity contribution in [3.8, 4) is 5.88 Å². The van der Waals surface area contributed by atoms with Crippen LogP contribution in [0, 0.1) is 0 Å². The molecular weight excluding hydrogens is 327 g/mol. The Bertz CT molecular complexity index is 770. The number of anilines is 1. The first kappa shape index (κ1) is 17.5. The van der Waals surface area contributed by atoms with E-state index in [4.69, 9.17) is 0 Å². The van der Waals surface area contributed by atoms with E-state index in [2.05, 4.69) is 15.0 Å². The number of pyridine rings is 2. The lowest BCUT2D eigenvalue weighted by atomic mass is 10.2. The van der Waals surface area contributed by atoms with E-state index in [1.807, 2.05) is 0 Å². The third-order valence-electron chi connectivity index (χ3n) is 2.96. The van der Waals surface area contributed by atoms with Crippen LogP contribution in [-0.4, -0.2) is 28.2 Å². The van der Waals surface area contributed by atoms with E-state index < -0.39 is 18.7 Å². The molecule has 0 radical (unpaired) electrons. The topological polar surface area (TPSA) is 73.2 Å². The minimum Gasteiger partial charge on any atom is -0.468 e. The largest absolute Gasteiger partial charge is 0.468 e. The summed E-state index contributed by atoms with van der Waals surface area (Å²) in [6, 6.07) is 5.25. The average Bonchev–Trinajstić information content (AvgIpc) is 2.54. The number of alkyl halides is 3. The smallest absolute Gasteiger partial charge is 0.422 e. The number of ether oxygens (including phenoxy) is 1. The van der Waals surface area contributed by atoms with Gasteiger partial charge in [-0.15, -0.1) is 0 Å². The molecule has 0 saturated carbocycles. The zero-order valence-corrected chi connectivity index (χ0v) is 12.6. The predicted octanol–water partition coefficient (Wildman–Crippen LogP) is 2.46. The SMILES string of the molecule is CCn1cc(NC(=O)c2ccc(OCC(F)(F)F)nc2)ccc1=O. The van der Waals surface area contributed by atoms with Gasteiger partial charge in [0, 0.05) is 31.1 Å². The van der Waals surface area contributed by atoms with Gasteiger partial charge in [-0.05, 0) is 19.1 Å². The number of carbonyl (C=O) groups is 1. The van der Waals surface area contributed by atoms with E-state index in [9.17, 15) is 22.8 Å². The van der Waals surface area contributed by atoms with Crippen LogP contribution in [0.5, 0.6) is 5.88 Å². The summed E-state index contributed by atoms with van der Waals surface area (Å²) in [6.07, 6.45) is -1.86. The quantitative estimate of drug-likeness (QED) is 0.907. The fourth-order valence-corrected chi connectivity index (χ4v) is 1.81. The van der Waals surface area contributed by atoms with Gasteiger partial charge < -0.3 is 14.6 Å². The minimum atomic E-state index is -4.46. The standard InChI is InChI=1S/C15H14F3N3O3/c1-2-21-8-11(4-6-13(21)22)20-14(23)10-3-5-12(19-7-10)24-9-15(16,17)18/h3-8H,2,9H2,1H3,(H,20,23). The van der Waals surface area contributed by atoms with E-state index >= 15 is 0 Å². The lowest BCUT2D eigenvalue weighted by molar-refractivity contribution is -0.154. The minimum absolute atomic E-state index is 0.142. The van der Waals surface area contributed by atoms with Gasteiger partial charge in [0.15, 0.2) is 6.61 Å². The molecule has 9 heteroatoms. The number of hydrogen-bond donors (Lipinski definition) is 1. The maximum Gasteiger partial charge on any atom is 0.422 e. The molecule has 1 amide bonds. The Morgan fingerprint density at radius 1 is 1.29 bits per heavy atom. The second-order valence-corrected chi connectivity index (χ2v) is 4.79. The van der Waals surface area contributed by atoms with E-state index in [1.54, 1.807) is 6.92 Å². The molecule has 0 fully saturated rings. The summed E-state index contributed by atoms with van der Waals surface area (Å²) < 4.78 is 42.0. The Kier molecular flexibility index (Phi) is 5.22. The number of carbonyl (C=O) groups excluding carboxylic acids is 1. The monoisotopic (exact) mass is 341 g/mol. The first-order valence-corrected chi connectivity index (χ1v) is 6.96. The van der Waals surface area contributed by atoms with Gasteiger partial charge in [0.1, 0.15) is 0 Å². The van der Waals surface area contributed by atoms with Crippen molar-refractivity contribution in [3.05, 3.63) is 52.6 Å². The molecular formula is C15H14F3N3O3. The molecule has 0 aromatic carbocycles. The molecule has 0 saturated heterocycles. The van der Waals surface area contributed by atoms with Gasteiger partial charge in [-0.3, -0.25) is 9.59 Å². The molecule has 2 heterocycles. The van der Waals surface area contributed by atoms with Crippen molar-refractivity contribution >= 4 is 11.6 Å². The number of aromatic nitrogens is 2. The molecule has 0 spiro atoms. The highest BCUT2D eigenvalue weighted by atomic mass is 19.4. The normalized spacial score (nSPS) is 11.2. The molecule has 2 aromatic rings. The van der Waals surface area contributed by atoms with Gasteiger partial charge >= 0.3 is 6.18 Å². The summed E-state index contributed by atoms with van der Waals surface area (Å²) >= 11 is 0. The van der Waals surface area contributed by atoms with Gasteiger partial charge in [0.25, 0.3) is 11.5 Å². The van der Waals surface area contributed by atoms with Crippen molar-refractivity contribution in [1.29, 1.82) is 0 Å². The number of aryl methyl sites for hydroxylation is 1. The van der Waals surface area contributed by atoms with Gasteiger partial charge in [0.2, 0.25) is 5.88 Å². The number of nitrogens with one attached hydrogen (secondary N) is 1. The molecule has 0 bridgehead atoms. The lowest BCUT2D eigenvalue weighted by Gasteiger charge is -2.09. The highest BCUT2D eigenvalue weighted by molar-refractivity contribution is 6.03. The van der Waals surface area contributed by atoms with E-state index in [0.717, 1.165) is 6.20 Å². The van der Waals surface area contributed by atoms with Gasteiger partial charge in [-0.25, -0.2) is 4.98 Å². The van der Waals surface area contributed by atoms with Crippen LogP contribution in [0.15, 0.2) is 41.5 Å². The van der Waals surface area contributed by atoms with Crippen molar-refractivity contribution in [1.82, 2.24) is 9.55 Å². The number of hydrogen-bond acceptors (Lipinski definition) is 4.